The molecule has 26 heavy (non-hydrogen) atoms. The number of imide groups is 1. The summed E-state index contributed by atoms with van der Waals surface area (Å²) in [5, 5.41) is 5.70. The zero-order valence-corrected chi connectivity index (χ0v) is 15.3. The van der Waals surface area contributed by atoms with Gasteiger partial charge in [0.1, 0.15) is 0 Å². The minimum Gasteiger partial charge on any atom is -0.308 e. The number of amides is 4. The zero-order valence-electron chi connectivity index (χ0n) is 14.6. The Hall–Kier alpha value is -2.86. The van der Waals surface area contributed by atoms with Crippen LogP contribution in [0.25, 0.3) is 0 Å². The van der Waals surface area contributed by atoms with E-state index >= 15 is 0 Å². The van der Waals surface area contributed by atoms with E-state index in [0.717, 1.165) is 0 Å². The van der Waals surface area contributed by atoms with Crippen LogP contribution in [0.1, 0.15) is 41.5 Å². The quantitative estimate of drug-likeness (QED) is 0.769. The van der Waals surface area contributed by atoms with E-state index in [0.29, 0.717) is 22.0 Å². The van der Waals surface area contributed by atoms with Gasteiger partial charge < -0.3 is 10.6 Å². The number of hydrogen-bond donors (Lipinski definition) is 2. The van der Waals surface area contributed by atoms with E-state index in [1.165, 1.54) is 11.0 Å². The molecule has 0 atom stereocenters. The first kappa shape index (κ1) is 17.9. The maximum atomic E-state index is 12.6. The Bertz CT molecular complexity index is 918. The monoisotopic (exact) mass is 371 g/mol. The zero-order chi connectivity index (χ0) is 19.1. The van der Waals surface area contributed by atoms with Crippen molar-refractivity contribution < 1.29 is 14.4 Å². The molecule has 2 aromatic carbocycles. The molecule has 0 aliphatic carbocycles. The largest absolute Gasteiger partial charge is 0.323 e. The van der Waals surface area contributed by atoms with E-state index in [1.807, 2.05) is 0 Å². The summed E-state index contributed by atoms with van der Waals surface area (Å²) in [4.78, 5) is 38.4. The summed E-state index contributed by atoms with van der Waals surface area (Å²) in [5.74, 6) is -0.697. The summed E-state index contributed by atoms with van der Waals surface area (Å²) in [6.07, 6.45) is 0. The fourth-order valence-electron chi connectivity index (χ4n) is 2.78. The van der Waals surface area contributed by atoms with Gasteiger partial charge in [-0.15, -0.1) is 0 Å². The highest BCUT2D eigenvalue weighted by Gasteiger charge is 2.41. The molecule has 0 aromatic heterocycles. The number of para-hydroxylation sites is 1. The molecule has 0 radical (unpaired) electrons. The fraction of sp³-hybridized carbons (Fsp3) is 0.211. The molecule has 0 saturated heterocycles. The van der Waals surface area contributed by atoms with Crippen molar-refractivity contribution in [2.24, 2.45) is 0 Å². The van der Waals surface area contributed by atoms with Crippen LogP contribution in [0.3, 0.4) is 0 Å². The van der Waals surface area contributed by atoms with Crippen molar-refractivity contribution in [2.45, 2.75) is 26.3 Å². The average molecular weight is 372 g/mol. The van der Waals surface area contributed by atoms with Crippen LogP contribution in [-0.2, 0) is 0 Å². The summed E-state index contributed by atoms with van der Waals surface area (Å²) in [6.45, 7) is 5.39. The molecule has 1 aliphatic heterocycles. The fourth-order valence-corrected chi connectivity index (χ4v) is 2.96. The number of halogens is 1. The molecule has 0 fully saturated rings. The second-order valence-corrected chi connectivity index (χ2v) is 7.34. The maximum Gasteiger partial charge on any atom is 0.323 e. The molecule has 3 rings (SSSR count). The van der Waals surface area contributed by atoms with Crippen LogP contribution in [0.15, 0.2) is 42.5 Å². The number of nitrogens with zero attached hydrogens (tertiary/aromatic N) is 1. The molecule has 0 saturated carbocycles. The molecule has 2 aromatic rings. The first-order valence-corrected chi connectivity index (χ1v) is 8.42. The van der Waals surface area contributed by atoms with Gasteiger partial charge in [0.05, 0.1) is 21.8 Å². The standard InChI is InChI=1S/C19H18ClN3O3/c1-19(2,3)23-16(24)12-9-8-11(10-13(12)17(23)25)21-18(26)22-15-7-5-4-6-14(15)20/h4-10H,1-3H3,(H2,21,22,26). The predicted molar refractivity (Wildman–Crippen MR) is 101 cm³/mol. The molecule has 1 heterocycles. The lowest BCUT2D eigenvalue weighted by Crippen LogP contribution is -2.45. The number of urea groups is 1. The Balaban J connectivity index is 1.80. The van der Waals surface area contributed by atoms with Crippen molar-refractivity contribution in [3.8, 4) is 0 Å². The highest BCUT2D eigenvalue weighted by atomic mass is 35.5. The maximum absolute atomic E-state index is 12.6. The SMILES string of the molecule is CC(C)(C)N1C(=O)c2ccc(NC(=O)Nc3ccccc3Cl)cc2C1=O. The number of carbonyl (C=O) groups is 3. The first-order chi connectivity index (χ1) is 12.2. The number of hydrogen-bond acceptors (Lipinski definition) is 3. The number of fused-ring (bicyclic) bond motifs is 1. The minimum atomic E-state index is -0.623. The van der Waals surface area contributed by atoms with Gasteiger partial charge in [-0.3, -0.25) is 14.5 Å². The van der Waals surface area contributed by atoms with Gasteiger partial charge in [0.15, 0.2) is 0 Å². The third-order valence-electron chi connectivity index (χ3n) is 3.94. The van der Waals surface area contributed by atoms with E-state index in [2.05, 4.69) is 10.6 Å². The van der Waals surface area contributed by atoms with Gasteiger partial charge in [0, 0.05) is 11.2 Å². The molecule has 0 spiro atoms. The number of carbonyl (C=O) groups excluding carboxylic acids is 3. The minimum absolute atomic E-state index is 0.278. The van der Waals surface area contributed by atoms with E-state index in [-0.39, 0.29) is 17.4 Å². The van der Waals surface area contributed by atoms with E-state index in [4.69, 9.17) is 11.6 Å². The Morgan fingerprint density at radius 1 is 0.962 bits per heavy atom. The van der Waals surface area contributed by atoms with E-state index in [1.54, 1.807) is 57.2 Å². The summed E-state index contributed by atoms with van der Waals surface area (Å²) in [7, 11) is 0. The summed E-state index contributed by atoms with van der Waals surface area (Å²) in [5.41, 5.74) is 0.869. The Labute approximate surface area is 156 Å². The molecule has 6 nitrogen and oxygen atoms in total. The lowest BCUT2D eigenvalue weighted by atomic mass is 10.1. The Morgan fingerprint density at radius 2 is 1.62 bits per heavy atom. The second kappa shape index (κ2) is 6.46. The molecule has 0 bridgehead atoms. The molecule has 134 valence electrons. The molecule has 1 aliphatic rings. The van der Waals surface area contributed by atoms with Crippen LogP contribution >= 0.6 is 11.6 Å². The Kier molecular flexibility index (Phi) is 4.46. The Morgan fingerprint density at radius 3 is 2.27 bits per heavy atom. The van der Waals surface area contributed by atoms with E-state index < -0.39 is 11.6 Å². The van der Waals surface area contributed by atoms with Gasteiger partial charge in [-0.2, -0.15) is 0 Å². The average Bonchev–Trinajstić information content (AvgIpc) is 2.80. The van der Waals surface area contributed by atoms with Gasteiger partial charge in [-0.05, 0) is 51.1 Å². The van der Waals surface area contributed by atoms with Crippen molar-refractivity contribution in [3.05, 3.63) is 58.6 Å². The van der Waals surface area contributed by atoms with Crippen molar-refractivity contribution in [1.82, 2.24) is 4.90 Å². The molecular formula is C19H18ClN3O3. The van der Waals surface area contributed by atoms with Crippen LogP contribution in [0, 0.1) is 0 Å². The van der Waals surface area contributed by atoms with E-state index in [9.17, 15) is 14.4 Å². The van der Waals surface area contributed by atoms with Gasteiger partial charge in [0.2, 0.25) is 0 Å². The molecule has 7 heteroatoms. The van der Waals surface area contributed by atoms with Crippen LogP contribution in [0.2, 0.25) is 5.02 Å². The van der Waals surface area contributed by atoms with Crippen molar-refractivity contribution >= 4 is 40.8 Å². The number of rotatable bonds is 2. The third kappa shape index (κ3) is 3.28. The number of benzene rings is 2. The van der Waals surface area contributed by atoms with Crippen molar-refractivity contribution in [1.29, 1.82) is 0 Å². The highest BCUT2D eigenvalue weighted by Crippen LogP contribution is 2.31. The number of anilines is 2. The van der Waals surface area contributed by atoms with Crippen LogP contribution in [0.5, 0.6) is 0 Å². The third-order valence-corrected chi connectivity index (χ3v) is 4.27. The second-order valence-electron chi connectivity index (χ2n) is 6.94. The predicted octanol–water partition coefficient (Wildman–Crippen LogP) is 4.38. The topological polar surface area (TPSA) is 78.5 Å². The number of nitrogens with one attached hydrogen (secondary N) is 2. The molecule has 0 unspecified atom stereocenters. The van der Waals surface area contributed by atoms with Crippen LogP contribution in [-0.4, -0.2) is 28.3 Å². The smallest absolute Gasteiger partial charge is 0.308 e. The van der Waals surface area contributed by atoms with Crippen molar-refractivity contribution in [2.75, 3.05) is 10.6 Å². The normalized spacial score (nSPS) is 13.6. The van der Waals surface area contributed by atoms with Gasteiger partial charge in [-0.1, -0.05) is 23.7 Å². The summed E-state index contributed by atoms with van der Waals surface area (Å²) >= 11 is 6.01. The van der Waals surface area contributed by atoms with Gasteiger partial charge in [0.25, 0.3) is 11.8 Å². The van der Waals surface area contributed by atoms with Gasteiger partial charge in [-0.25, -0.2) is 4.79 Å². The lowest BCUT2D eigenvalue weighted by molar-refractivity contribution is 0.0507. The molecule has 2 N–H and O–H groups in total. The highest BCUT2D eigenvalue weighted by molar-refractivity contribution is 6.33. The summed E-state index contributed by atoms with van der Waals surface area (Å²) < 4.78 is 0. The first-order valence-electron chi connectivity index (χ1n) is 8.04. The molecule has 4 amide bonds. The van der Waals surface area contributed by atoms with Crippen molar-refractivity contribution in [3.63, 3.8) is 0 Å². The lowest BCUT2D eigenvalue weighted by Gasteiger charge is -2.29. The van der Waals surface area contributed by atoms with Gasteiger partial charge >= 0.3 is 6.03 Å². The molecular weight excluding hydrogens is 354 g/mol. The van der Waals surface area contributed by atoms with Crippen LogP contribution in [0.4, 0.5) is 16.2 Å². The van der Waals surface area contributed by atoms with Crippen LogP contribution < -0.4 is 10.6 Å². The summed E-state index contributed by atoms with van der Waals surface area (Å²) in [6, 6.07) is 11.0.